The second-order valence-corrected chi connectivity index (χ2v) is 8.56. The number of hydrogen-bond acceptors (Lipinski definition) is 1. The third-order valence-corrected chi connectivity index (χ3v) is 4.81. The first kappa shape index (κ1) is 9.40. The minimum absolute atomic E-state index is 0.251. The van der Waals surface area contributed by atoms with Crippen LogP contribution in [0.1, 0.15) is 20.3 Å². The third kappa shape index (κ3) is 2.68. The van der Waals surface area contributed by atoms with Crippen molar-refractivity contribution < 1.29 is 0 Å². The summed E-state index contributed by atoms with van der Waals surface area (Å²) >= 11 is 0. The third-order valence-electron chi connectivity index (χ3n) is 2.39. The van der Waals surface area contributed by atoms with Crippen molar-refractivity contribution in [3.8, 4) is 0 Å². The molecule has 1 fully saturated rings. The summed E-state index contributed by atoms with van der Waals surface area (Å²) in [6.07, 6.45) is 6.34. The van der Waals surface area contributed by atoms with Crippen LogP contribution in [-0.2, 0) is 0 Å². The maximum atomic E-state index is 2.62. The monoisotopic (exact) mass is 175 g/mol. The summed E-state index contributed by atoms with van der Waals surface area (Å²) in [6, 6.07) is 0.752. The molecule has 0 atom stereocenters. The summed E-state index contributed by atoms with van der Waals surface area (Å²) < 4.78 is 0. The topological polar surface area (TPSA) is 3.24 Å². The van der Waals surface area contributed by atoms with E-state index in [0.29, 0.717) is 0 Å². The van der Waals surface area contributed by atoms with Crippen molar-refractivity contribution in [1.29, 1.82) is 0 Å². The Morgan fingerprint density at radius 2 is 1.91 bits per heavy atom. The van der Waals surface area contributed by atoms with E-state index in [1.165, 1.54) is 24.6 Å². The highest BCUT2D eigenvalue weighted by atomic mass is 32.3. The molecule has 0 bridgehead atoms. The fraction of sp³-hybridized carbons (Fsp3) is 1.00. The predicted molar refractivity (Wildman–Crippen MR) is 55.6 cm³/mol. The molecule has 0 amide bonds. The molecule has 0 aromatic heterocycles. The highest BCUT2D eigenvalue weighted by molar-refractivity contribution is 8.32. The van der Waals surface area contributed by atoms with E-state index in [0.717, 1.165) is 6.04 Å². The molecule has 0 saturated carbocycles. The first-order chi connectivity index (χ1) is 5.01. The van der Waals surface area contributed by atoms with Crippen molar-refractivity contribution in [3.05, 3.63) is 0 Å². The maximum absolute atomic E-state index is 2.62. The predicted octanol–water partition coefficient (Wildman–Crippen LogP) is 2.12. The largest absolute Gasteiger partial charge is 0.293 e. The molecule has 0 spiro atoms. The van der Waals surface area contributed by atoms with Crippen molar-refractivity contribution in [2.24, 2.45) is 0 Å². The standard InChI is InChI=1S/C9H21NS/c1-9(2)10-6-5-7-11(3,4)8-10/h9H,5-8H2,1-4H3. The number of hydrogen-bond donors (Lipinski definition) is 0. The van der Waals surface area contributed by atoms with Crippen LogP contribution in [0, 0.1) is 0 Å². The lowest BCUT2D eigenvalue weighted by atomic mass is 10.3. The molecule has 0 aromatic rings. The van der Waals surface area contributed by atoms with Gasteiger partial charge in [-0.1, -0.05) is 0 Å². The zero-order chi connectivity index (χ0) is 8.48. The van der Waals surface area contributed by atoms with Gasteiger partial charge in [0.1, 0.15) is 0 Å². The Morgan fingerprint density at radius 3 is 2.27 bits per heavy atom. The van der Waals surface area contributed by atoms with Gasteiger partial charge in [0.25, 0.3) is 0 Å². The number of nitrogens with zero attached hydrogens (tertiary/aromatic N) is 1. The van der Waals surface area contributed by atoms with E-state index in [-0.39, 0.29) is 10.0 Å². The first-order valence-electron chi connectivity index (χ1n) is 4.44. The Labute approximate surface area is 72.5 Å². The van der Waals surface area contributed by atoms with Crippen LogP contribution in [-0.4, -0.2) is 41.6 Å². The quantitative estimate of drug-likeness (QED) is 0.590. The SMILES string of the molecule is CC(C)N1CCCS(C)(C)C1. The Morgan fingerprint density at radius 1 is 1.27 bits per heavy atom. The van der Waals surface area contributed by atoms with E-state index in [9.17, 15) is 0 Å². The summed E-state index contributed by atoms with van der Waals surface area (Å²) in [7, 11) is -0.251. The lowest BCUT2D eigenvalue weighted by Crippen LogP contribution is -2.39. The number of rotatable bonds is 1. The highest BCUT2D eigenvalue weighted by Gasteiger charge is 2.23. The Hall–Kier alpha value is 0.310. The van der Waals surface area contributed by atoms with Crippen LogP contribution in [0.3, 0.4) is 0 Å². The van der Waals surface area contributed by atoms with Crippen LogP contribution in [0.5, 0.6) is 0 Å². The summed E-state index contributed by atoms with van der Waals surface area (Å²) in [5.41, 5.74) is 0. The van der Waals surface area contributed by atoms with Gasteiger partial charge in [-0.25, -0.2) is 10.0 Å². The molecule has 0 aromatic carbocycles. The summed E-state index contributed by atoms with van der Waals surface area (Å²) in [4.78, 5) is 2.62. The highest BCUT2D eigenvalue weighted by Crippen LogP contribution is 2.44. The zero-order valence-electron chi connectivity index (χ0n) is 8.26. The molecule has 2 heteroatoms. The summed E-state index contributed by atoms with van der Waals surface area (Å²) in [5.74, 6) is 2.85. The minimum atomic E-state index is -0.251. The molecule has 1 nitrogen and oxygen atoms in total. The van der Waals surface area contributed by atoms with Crippen LogP contribution < -0.4 is 0 Å². The van der Waals surface area contributed by atoms with Crippen LogP contribution in [0.15, 0.2) is 0 Å². The maximum Gasteiger partial charge on any atom is 0.0288 e. The molecule has 0 aliphatic carbocycles. The summed E-state index contributed by atoms with van der Waals surface area (Å²) in [6.45, 7) is 5.94. The van der Waals surface area contributed by atoms with E-state index in [1.54, 1.807) is 0 Å². The van der Waals surface area contributed by atoms with Gasteiger partial charge < -0.3 is 0 Å². The van der Waals surface area contributed by atoms with Gasteiger partial charge >= 0.3 is 0 Å². The molecule has 0 unspecified atom stereocenters. The molecule has 1 rings (SSSR count). The van der Waals surface area contributed by atoms with Crippen LogP contribution in [0.4, 0.5) is 0 Å². The molecule has 1 saturated heterocycles. The molecule has 1 aliphatic heterocycles. The average molecular weight is 175 g/mol. The van der Waals surface area contributed by atoms with Crippen LogP contribution in [0.25, 0.3) is 0 Å². The Balaban J connectivity index is 2.46. The van der Waals surface area contributed by atoms with Gasteiger partial charge in [-0.05, 0) is 45.1 Å². The van der Waals surface area contributed by atoms with Gasteiger partial charge in [0.15, 0.2) is 0 Å². The van der Waals surface area contributed by atoms with Crippen molar-refractivity contribution in [3.63, 3.8) is 0 Å². The fourth-order valence-electron chi connectivity index (χ4n) is 1.64. The normalized spacial score (nSPS) is 28.8. The van der Waals surface area contributed by atoms with E-state index >= 15 is 0 Å². The molecule has 1 heterocycles. The Kier molecular flexibility index (Phi) is 2.87. The average Bonchev–Trinajstić information content (AvgIpc) is 1.85. The molecule has 0 N–H and O–H groups in total. The van der Waals surface area contributed by atoms with E-state index < -0.39 is 0 Å². The zero-order valence-corrected chi connectivity index (χ0v) is 9.08. The van der Waals surface area contributed by atoms with Crippen LogP contribution in [0.2, 0.25) is 0 Å². The van der Waals surface area contributed by atoms with Crippen molar-refractivity contribution in [2.75, 3.05) is 30.7 Å². The second kappa shape index (κ2) is 3.36. The fourth-order valence-corrected chi connectivity index (χ4v) is 4.01. The van der Waals surface area contributed by atoms with Gasteiger partial charge in [0, 0.05) is 11.9 Å². The molecular formula is C9H21NS. The molecule has 11 heavy (non-hydrogen) atoms. The van der Waals surface area contributed by atoms with Crippen LogP contribution >= 0.6 is 10.0 Å². The molecular weight excluding hydrogens is 154 g/mol. The van der Waals surface area contributed by atoms with Gasteiger partial charge in [0.05, 0.1) is 0 Å². The molecule has 68 valence electrons. The first-order valence-corrected chi connectivity index (χ1v) is 7.23. The van der Waals surface area contributed by atoms with E-state index in [4.69, 9.17) is 0 Å². The minimum Gasteiger partial charge on any atom is -0.293 e. The van der Waals surface area contributed by atoms with Gasteiger partial charge in [-0.2, -0.15) is 0 Å². The van der Waals surface area contributed by atoms with E-state index in [2.05, 4.69) is 31.3 Å². The molecule has 1 aliphatic rings. The Bertz CT molecular complexity index is 132. The van der Waals surface area contributed by atoms with E-state index in [1.807, 2.05) is 0 Å². The van der Waals surface area contributed by atoms with Crippen molar-refractivity contribution in [2.45, 2.75) is 26.3 Å². The van der Waals surface area contributed by atoms with Crippen molar-refractivity contribution >= 4 is 10.0 Å². The summed E-state index contributed by atoms with van der Waals surface area (Å²) in [5, 5.41) is 0. The van der Waals surface area contributed by atoms with Crippen molar-refractivity contribution in [1.82, 2.24) is 4.90 Å². The lowest BCUT2D eigenvalue weighted by Gasteiger charge is -2.43. The lowest BCUT2D eigenvalue weighted by molar-refractivity contribution is 0.254. The van der Waals surface area contributed by atoms with Gasteiger partial charge in [0.2, 0.25) is 0 Å². The van der Waals surface area contributed by atoms with Gasteiger partial charge in [-0.15, -0.1) is 0 Å². The smallest absolute Gasteiger partial charge is 0.0288 e. The second-order valence-electron chi connectivity index (χ2n) is 4.36. The molecule has 0 radical (unpaired) electrons. The van der Waals surface area contributed by atoms with Gasteiger partial charge in [-0.3, -0.25) is 4.90 Å².